The van der Waals surface area contributed by atoms with E-state index in [0.29, 0.717) is 6.61 Å². The number of aliphatic hydroxyl groups excluding tert-OH is 1. The summed E-state index contributed by atoms with van der Waals surface area (Å²) in [5.74, 6) is 0. The summed E-state index contributed by atoms with van der Waals surface area (Å²) in [6, 6.07) is 0. The summed E-state index contributed by atoms with van der Waals surface area (Å²) >= 11 is 6.40. The van der Waals surface area contributed by atoms with Crippen LogP contribution < -0.4 is 0 Å². The van der Waals surface area contributed by atoms with Crippen LogP contribution in [0.15, 0.2) is 0 Å². The number of aryl methyl sites for hydroxylation is 2. The van der Waals surface area contributed by atoms with Crippen molar-refractivity contribution in [3.8, 4) is 0 Å². The lowest BCUT2D eigenvalue weighted by atomic mass is 9.78. The number of ether oxygens (including phenoxy) is 1. The third kappa shape index (κ3) is 3.82. The van der Waals surface area contributed by atoms with Crippen LogP contribution in [0.5, 0.6) is 0 Å². The molecule has 0 amide bonds. The molecule has 1 aliphatic rings. The van der Waals surface area contributed by atoms with Gasteiger partial charge in [0.1, 0.15) is 5.15 Å². The molecule has 0 saturated carbocycles. The molecule has 1 aliphatic heterocycles. The Morgan fingerprint density at radius 3 is 2.86 bits per heavy atom. The van der Waals surface area contributed by atoms with E-state index in [9.17, 15) is 5.11 Å². The Labute approximate surface area is 138 Å². The van der Waals surface area contributed by atoms with Gasteiger partial charge in [0.2, 0.25) is 0 Å². The predicted octanol–water partition coefficient (Wildman–Crippen LogP) is 2.25. The Hall–Kier alpha value is -0.620. The number of piperidine rings is 1. The second-order valence-electron chi connectivity index (χ2n) is 6.41. The van der Waals surface area contributed by atoms with Crippen LogP contribution in [0.25, 0.3) is 0 Å². The molecule has 0 aromatic carbocycles. The van der Waals surface area contributed by atoms with Crippen LogP contribution in [0.4, 0.5) is 0 Å². The Kier molecular flexibility index (Phi) is 6.26. The van der Waals surface area contributed by atoms with E-state index in [-0.39, 0.29) is 12.0 Å². The molecule has 126 valence electrons. The van der Waals surface area contributed by atoms with Crippen molar-refractivity contribution in [2.75, 3.05) is 33.4 Å². The van der Waals surface area contributed by atoms with Gasteiger partial charge in [0.15, 0.2) is 0 Å². The third-order valence-corrected chi connectivity index (χ3v) is 5.25. The largest absolute Gasteiger partial charge is 0.396 e. The number of rotatable bonds is 7. The first-order valence-corrected chi connectivity index (χ1v) is 8.45. The molecule has 6 heteroatoms. The van der Waals surface area contributed by atoms with Crippen molar-refractivity contribution in [2.45, 2.75) is 39.2 Å². The minimum Gasteiger partial charge on any atom is -0.396 e. The van der Waals surface area contributed by atoms with Gasteiger partial charge in [-0.05, 0) is 32.2 Å². The topological polar surface area (TPSA) is 50.5 Å². The average molecular weight is 330 g/mol. The quantitative estimate of drug-likeness (QED) is 0.833. The minimum absolute atomic E-state index is 0.0463. The fourth-order valence-electron chi connectivity index (χ4n) is 3.44. The van der Waals surface area contributed by atoms with Crippen LogP contribution >= 0.6 is 11.6 Å². The number of methoxy groups -OCH3 is 1. The van der Waals surface area contributed by atoms with Crippen molar-refractivity contribution >= 4 is 11.6 Å². The minimum atomic E-state index is -0.0463. The molecule has 1 fully saturated rings. The molecule has 22 heavy (non-hydrogen) atoms. The van der Waals surface area contributed by atoms with E-state index >= 15 is 0 Å². The molecule has 0 radical (unpaired) electrons. The summed E-state index contributed by atoms with van der Waals surface area (Å²) in [4.78, 5) is 2.40. The first-order chi connectivity index (χ1) is 10.5. The summed E-state index contributed by atoms with van der Waals surface area (Å²) in [7, 11) is 3.60. The number of likely N-dealkylation sites (tertiary alicyclic amines) is 1. The van der Waals surface area contributed by atoms with Crippen LogP contribution in [0.1, 0.15) is 37.4 Å². The smallest absolute Gasteiger partial charge is 0.131 e. The van der Waals surface area contributed by atoms with E-state index < -0.39 is 0 Å². The molecule has 0 bridgehead atoms. The van der Waals surface area contributed by atoms with Crippen molar-refractivity contribution in [3.63, 3.8) is 0 Å². The number of aromatic nitrogens is 2. The highest BCUT2D eigenvalue weighted by atomic mass is 35.5. The molecule has 1 aromatic rings. The molecular weight excluding hydrogens is 302 g/mol. The Balaban J connectivity index is 2.10. The third-order valence-electron chi connectivity index (χ3n) is 4.78. The van der Waals surface area contributed by atoms with Gasteiger partial charge in [-0.1, -0.05) is 18.5 Å². The van der Waals surface area contributed by atoms with Crippen molar-refractivity contribution in [3.05, 3.63) is 16.4 Å². The van der Waals surface area contributed by atoms with Crippen LogP contribution in [0.3, 0.4) is 0 Å². The molecule has 0 spiro atoms. The molecule has 1 aromatic heterocycles. The lowest BCUT2D eigenvalue weighted by Gasteiger charge is -2.42. The SMILES string of the molecule is CCc1nn(C)c(Cl)c1CN1CCCC(CO)(CCOC)C1. The normalized spacial score (nSPS) is 23.1. The summed E-state index contributed by atoms with van der Waals surface area (Å²) in [5.41, 5.74) is 2.16. The van der Waals surface area contributed by atoms with Crippen molar-refractivity contribution in [1.29, 1.82) is 0 Å². The van der Waals surface area contributed by atoms with Gasteiger partial charge in [0.05, 0.1) is 12.3 Å². The first kappa shape index (κ1) is 17.7. The highest BCUT2D eigenvalue weighted by Crippen LogP contribution is 2.34. The van der Waals surface area contributed by atoms with Gasteiger partial charge in [0, 0.05) is 44.8 Å². The monoisotopic (exact) mass is 329 g/mol. The van der Waals surface area contributed by atoms with Gasteiger partial charge in [-0.3, -0.25) is 9.58 Å². The zero-order chi connectivity index (χ0) is 16.2. The first-order valence-electron chi connectivity index (χ1n) is 8.07. The van der Waals surface area contributed by atoms with Gasteiger partial charge < -0.3 is 9.84 Å². The highest BCUT2D eigenvalue weighted by Gasteiger charge is 2.35. The average Bonchev–Trinajstić information content (AvgIpc) is 2.81. The summed E-state index contributed by atoms with van der Waals surface area (Å²) in [6.45, 7) is 5.76. The van der Waals surface area contributed by atoms with Crippen molar-refractivity contribution < 1.29 is 9.84 Å². The van der Waals surface area contributed by atoms with E-state index in [1.54, 1.807) is 11.8 Å². The van der Waals surface area contributed by atoms with Crippen molar-refractivity contribution in [1.82, 2.24) is 14.7 Å². The van der Waals surface area contributed by atoms with Gasteiger partial charge in [0.25, 0.3) is 0 Å². The lowest BCUT2D eigenvalue weighted by Crippen LogP contribution is -2.45. The van der Waals surface area contributed by atoms with Crippen LogP contribution in [-0.4, -0.2) is 53.2 Å². The second kappa shape index (κ2) is 7.77. The van der Waals surface area contributed by atoms with E-state index in [1.165, 1.54) is 0 Å². The summed E-state index contributed by atoms with van der Waals surface area (Å²) in [6.07, 6.45) is 3.95. The predicted molar refractivity (Wildman–Crippen MR) is 88.1 cm³/mol. The van der Waals surface area contributed by atoms with E-state index in [0.717, 1.165) is 61.7 Å². The maximum Gasteiger partial charge on any atom is 0.131 e. The molecule has 1 saturated heterocycles. The maximum atomic E-state index is 9.89. The molecule has 5 nitrogen and oxygen atoms in total. The van der Waals surface area contributed by atoms with E-state index in [4.69, 9.17) is 16.3 Å². The fraction of sp³-hybridized carbons (Fsp3) is 0.812. The number of hydrogen-bond donors (Lipinski definition) is 1. The second-order valence-corrected chi connectivity index (χ2v) is 6.77. The summed E-state index contributed by atoms with van der Waals surface area (Å²) in [5, 5.41) is 15.1. The van der Waals surface area contributed by atoms with Gasteiger partial charge in [-0.2, -0.15) is 5.10 Å². The number of hydrogen-bond acceptors (Lipinski definition) is 4. The van der Waals surface area contributed by atoms with Gasteiger partial charge in [-0.15, -0.1) is 0 Å². The van der Waals surface area contributed by atoms with Crippen LogP contribution in [0.2, 0.25) is 5.15 Å². The molecule has 2 rings (SSSR count). The van der Waals surface area contributed by atoms with Gasteiger partial charge >= 0.3 is 0 Å². The zero-order valence-electron chi connectivity index (χ0n) is 13.9. The van der Waals surface area contributed by atoms with E-state index in [1.807, 2.05) is 7.05 Å². The molecule has 1 N–H and O–H groups in total. The lowest BCUT2D eigenvalue weighted by molar-refractivity contribution is 0.00469. The number of halogens is 1. The molecule has 2 heterocycles. The molecular formula is C16H28ClN3O2. The van der Waals surface area contributed by atoms with Crippen LogP contribution in [0, 0.1) is 5.41 Å². The Bertz CT molecular complexity index is 492. The summed E-state index contributed by atoms with van der Waals surface area (Å²) < 4.78 is 6.97. The number of aliphatic hydroxyl groups is 1. The molecule has 1 atom stereocenters. The number of nitrogens with zero attached hydrogens (tertiary/aromatic N) is 3. The Morgan fingerprint density at radius 2 is 2.23 bits per heavy atom. The highest BCUT2D eigenvalue weighted by molar-refractivity contribution is 6.30. The fourth-order valence-corrected chi connectivity index (χ4v) is 3.65. The van der Waals surface area contributed by atoms with E-state index in [2.05, 4.69) is 16.9 Å². The standard InChI is InChI=1S/C16H28ClN3O2/c1-4-14-13(15(17)19(2)18-14)10-20-8-5-6-16(11-20,12-21)7-9-22-3/h21H,4-12H2,1-3H3. The molecule has 1 unspecified atom stereocenters. The maximum absolute atomic E-state index is 9.89. The van der Waals surface area contributed by atoms with Crippen molar-refractivity contribution in [2.24, 2.45) is 12.5 Å². The zero-order valence-corrected chi connectivity index (χ0v) is 14.7. The van der Waals surface area contributed by atoms with Crippen LogP contribution in [-0.2, 0) is 24.8 Å². The Morgan fingerprint density at radius 1 is 1.45 bits per heavy atom. The van der Waals surface area contributed by atoms with Gasteiger partial charge in [-0.25, -0.2) is 0 Å². The molecule has 0 aliphatic carbocycles.